The zero-order valence-electron chi connectivity index (χ0n) is 15.5. The van der Waals surface area contributed by atoms with Crippen molar-refractivity contribution in [3.05, 3.63) is 102 Å². The van der Waals surface area contributed by atoms with Crippen molar-refractivity contribution in [2.75, 3.05) is 0 Å². The number of carbonyl (C=O) groups excluding carboxylic acids is 2. The van der Waals surface area contributed by atoms with Crippen molar-refractivity contribution in [3.8, 4) is 5.75 Å². The maximum atomic E-state index is 12.4. The standard InChI is InChI=1S/C23H19N3O3/c27-22(17-9-5-2-6-10-17)25-26-23(28)21-14-18-13-19(11-12-20(18)24-21)29-15-16-7-3-1-4-8-16/h1-14,24H,15H2,(H,25,27)(H,26,28). The molecule has 0 aliphatic rings. The number of H-pyrrole nitrogens is 1. The average Bonchev–Trinajstić information content (AvgIpc) is 3.20. The molecule has 2 amide bonds. The number of rotatable bonds is 5. The minimum absolute atomic E-state index is 0.341. The van der Waals surface area contributed by atoms with E-state index in [0.29, 0.717) is 23.6 Å². The van der Waals surface area contributed by atoms with Crippen LogP contribution in [-0.4, -0.2) is 16.8 Å². The molecular formula is C23H19N3O3. The quantitative estimate of drug-likeness (QED) is 0.457. The summed E-state index contributed by atoms with van der Waals surface area (Å²) < 4.78 is 5.83. The lowest BCUT2D eigenvalue weighted by atomic mass is 10.2. The van der Waals surface area contributed by atoms with Gasteiger partial charge in [-0.15, -0.1) is 0 Å². The summed E-state index contributed by atoms with van der Waals surface area (Å²) in [4.78, 5) is 27.4. The number of benzene rings is 3. The zero-order valence-corrected chi connectivity index (χ0v) is 15.5. The van der Waals surface area contributed by atoms with Gasteiger partial charge >= 0.3 is 0 Å². The molecule has 6 heteroatoms. The number of aromatic amines is 1. The predicted octanol–water partition coefficient (Wildman–Crippen LogP) is 3.82. The van der Waals surface area contributed by atoms with Gasteiger partial charge in [0.1, 0.15) is 18.1 Å². The number of hydrogen-bond donors (Lipinski definition) is 3. The van der Waals surface area contributed by atoms with E-state index in [1.54, 1.807) is 30.3 Å². The van der Waals surface area contributed by atoms with E-state index in [0.717, 1.165) is 16.5 Å². The van der Waals surface area contributed by atoms with E-state index in [1.165, 1.54) is 0 Å². The van der Waals surface area contributed by atoms with Crippen molar-refractivity contribution < 1.29 is 14.3 Å². The minimum atomic E-state index is -0.433. The molecule has 0 atom stereocenters. The van der Waals surface area contributed by atoms with Gasteiger partial charge in [0.25, 0.3) is 11.8 Å². The van der Waals surface area contributed by atoms with Gasteiger partial charge in [-0.05, 0) is 42.0 Å². The number of ether oxygens (including phenoxy) is 1. The maximum absolute atomic E-state index is 12.4. The summed E-state index contributed by atoms with van der Waals surface area (Å²) in [6, 6.07) is 25.9. The Hall–Kier alpha value is -4.06. The molecular weight excluding hydrogens is 366 g/mol. The molecule has 3 aromatic carbocycles. The van der Waals surface area contributed by atoms with Crippen LogP contribution in [0.2, 0.25) is 0 Å². The maximum Gasteiger partial charge on any atom is 0.286 e. The Labute approximate surface area is 167 Å². The van der Waals surface area contributed by atoms with Gasteiger partial charge in [-0.1, -0.05) is 48.5 Å². The highest BCUT2D eigenvalue weighted by atomic mass is 16.5. The molecule has 0 saturated carbocycles. The second-order valence-electron chi connectivity index (χ2n) is 6.48. The van der Waals surface area contributed by atoms with Gasteiger partial charge in [0.05, 0.1) is 0 Å². The molecule has 144 valence electrons. The Morgan fingerprint density at radius 3 is 2.24 bits per heavy atom. The smallest absolute Gasteiger partial charge is 0.286 e. The minimum Gasteiger partial charge on any atom is -0.489 e. The van der Waals surface area contributed by atoms with E-state index < -0.39 is 5.91 Å². The first-order chi connectivity index (χ1) is 14.2. The van der Waals surface area contributed by atoms with Crippen LogP contribution >= 0.6 is 0 Å². The third kappa shape index (κ3) is 4.44. The zero-order chi connectivity index (χ0) is 20.1. The van der Waals surface area contributed by atoms with Crippen molar-refractivity contribution in [3.63, 3.8) is 0 Å². The van der Waals surface area contributed by atoms with Crippen LogP contribution in [0.1, 0.15) is 26.4 Å². The van der Waals surface area contributed by atoms with E-state index in [-0.39, 0.29) is 5.91 Å². The third-order valence-corrected chi connectivity index (χ3v) is 4.41. The highest BCUT2D eigenvalue weighted by Gasteiger charge is 2.12. The molecule has 0 radical (unpaired) electrons. The van der Waals surface area contributed by atoms with E-state index in [2.05, 4.69) is 15.8 Å². The van der Waals surface area contributed by atoms with E-state index in [4.69, 9.17) is 4.74 Å². The molecule has 0 unspecified atom stereocenters. The van der Waals surface area contributed by atoms with Crippen LogP contribution in [-0.2, 0) is 6.61 Å². The van der Waals surface area contributed by atoms with Crippen LogP contribution in [0.5, 0.6) is 5.75 Å². The number of nitrogens with one attached hydrogen (secondary N) is 3. The fourth-order valence-corrected chi connectivity index (χ4v) is 2.91. The Morgan fingerprint density at radius 2 is 1.48 bits per heavy atom. The number of aromatic nitrogens is 1. The van der Waals surface area contributed by atoms with E-state index in [1.807, 2.05) is 54.6 Å². The Bertz CT molecular complexity index is 1140. The number of amides is 2. The summed E-state index contributed by atoms with van der Waals surface area (Å²) in [7, 11) is 0. The Morgan fingerprint density at radius 1 is 0.793 bits per heavy atom. The SMILES string of the molecule is O=C(NNC(=O)c1cc2cc(OCc3ccccc3)ccc2[nH]1)c1ccccc1. The van der Waals surface area contributed by atoms with E-state index in [9.17, 15) is 9.59 Å². The van der Waals surface area contributed by atoms with E-state index >= 15 is 0 Å². The first-order valence-electron chi connectivity index (χ1n) is 9.14. The second kappa shape index (κ2) is 8.31. The fraction of sp³-hybridized carbons (Fsp3) is 0.0435. The lowest BCUT2D eigenvalue weighted by molar-refractivity contribution is 0.0844. The third-order valence-electron chi connectivity index (χ3n) is 4.41. The normalized spacial score (nSPS) is 10.5. The Kier molecular flexibility index (Phi) is 5.25. The van der Waals surface area contributed by atoms with Gasteiger partial charge in [0.15, 0.2) is 0 Å². The van der Waals surface area contributed by atoms with Gasteiger partial charge in [0.2, 0.25) is 0 Å². The molecule has 3 N–H and O–H groups in total. The Balaban J connectivity index is 1.40. The molecule has 0 saturated heterocycles. The topological polar surface area (TPSA) is 83.2 Å². The van der Waals surface area contributed by atoms with Crippen LogP contribution in [0.15, 0.2) is 84.9 Å². The first-order valence-corrected chi connectivity index (χ1v) is 9.14. The molecule has 1 aromatic heterocycles. The lowest BCUT2D eigenvalue weighted by Crippen LogP contribution is -2.41. The molecule has 0 aliphatic heterocycles. The van der Waals surface area contributed by atoms with Gasteiger partial charge in [-0.25, -0.2) is 0 Å². The average molecular weight is 385 g/mol. The summed E-state index contributed by atoms with van der Waals surface area (Å²) in [5, 5.41) is 0.843. The van der Waals surface area contributed by atoms with Crippen molar-refractivity contribution >= 4 is 22.7 Å². The molecule has 0 bridgehead atoms. The summed E-state index contributed by atoms with van der Waals surface area (Å²) in [5.74, 6) is -0.103. The highest BCUT2D eigenvalue weighted by molar-refractivity contribution is 6.01. The van der Waals surface area contributed by atoms with Crippen LogP contribution in [0.4, 0.5) is 0 Å². The van der Waals surface area contributed by atoms with Crippen LogP contribution < -0.4 is 15.6 Å². The monoisotopic (exact) mass is 385 g/mol. The molecule has 4 rings (SSSR count). The summed E-state index contributed by atoms with van der Waals surface area (Å²) in [5.41, 5.74) is 7.51. The van der Waals surface area contributed by atoms with Crippen molar-refractivity contribution in [2.24, 2.45) is 0 Å². The molecule has 1 heterocycles. The summed E-state index contributed by atoms with van der Waals surface area (Å²) in [6.45, 7) is 0.468. The van der Waals surface area contributed by atoms with Gasteiger partial charge in [-0.3, -0.25) is 20.4 Å². The first kappa shape index (κ1) is 18.3. The molecule has 0 aliphatic carbocycles. The van der Waals surface area contributed by atoms with Crippen molar-refractivity contribution in [1.82, 2.24) is 15.8 Å². The van der Waals surface area contributed by atoms with Crippen LogP contribution in [0.3, 0.4) is 0 Å². The number of hydrogen-bond acceptors (Lipinski definition) is 3. The van der Waals surface area contributed by atoms with Crippen molar-refractivity contribution in [1.29, 1.82) is 0 Å². The summed E-state index contributed by atoms with van der Waals surface area (Å²) >= 11 is 0. The number of fused-ring (bicyclic) bond motifs is 1. The van der Waals surface area contributed by atoms with Gasteiger partial charge in [0, 0.05) is 16.5 Å². The highest BCUT2D eigenvalue weighted by Crippen LogP contribution is 2.22. The molecule has 4 aromatic rings. The molecule has 6 nitrogen and oxygen atoms in total. The second-order valence-corrected chi connectivity index (χ2v) is 6.48. The largest absolute Gasteiger partial charge is 0.489 e. The predicted molar refractivity (Wildman–Crippen MR) is 110 cm³/mol. The number of carbonyl (C=O) groups is 2. The van der Waals surface area contributed by atoms with Gasteiger partial charge < -0.3 is 9.72 Å². The molecule has 0 spiro atoms. The number of hydrazine groups is 1. The lowest BCUT2D eigenvalue weighted by Gasteiger charge is -2.06. The van der Waals surface area contributed by atoms with Crippen LogP contribution in [0, 0.1) is 0 Å². The van der Waals surface area contributed by atoms with Crippen LogP contribution in [0.25, 0.3) is 10.9 Å². The van der Waals surface area contributed by atoms with Crippen molar-refractivity contribution in [2.45, 2.75) is 6.61 Å². The summed E-state index contributed by atoms with van der Waals surface area (Å²) in [6.07, 6.45) is 0. The molecule has 0 fully saturated rings. The van der Waals surface area contributed by atoms with Gasteiger partial charge in [-0.2, -0.15) is 0 Å². The molecule has 29 heavy (non-hydrogen) atoms. The fourth-order valence-electron chi connectivity index (χ4n) is 2.91.